The summed E-state index contributed by atoms with van der Waals surface area (Å²) < 4.78 is 2.62. The lowest BCUT2D eigenvalue weighted by Crippen LogP contribution is -2.48. The van der Waals surface area contributed by atoms with Crippen LogP contribution in [0.2, 0.25) is 0 Å². The quantitative estimate of drug-likeness (QED) is 0.581. The smallest absolute Gasteiger partial charge is 0.250 e. The van der Waals surface area contributed by atoms with E-state index in [-0.39, 0.29) is 23.0 Å². The van der Waals surface area contributed by atoms with Gasteiger partial charge in [-0.3, -0.25) is 14.4 Å². The van der Waals surface area contributed by atoms with Crippen LogP contribution in [0.25, 0.3) is 0 Å². The predicted octanol–water partition coefficient (Wildman–Crippen LogP) is 3.13. The summed E-state index contributed by atoms with van der Waals surface area (Å²) in [5, 5.41) is 2.84. The zero-order valence-corrected chi connectivity index (χ0v) is 18.3. The van der Waals surface area contributed by atoms with Gasteiger partial charge in [0.2, 0.25) is 5.91 Å². The molecular weight excluding hydrogens is 418 g/mol. The Kier molecular flexibility index (Phi) is 6.06. The van der Waals surface area contributed by atoms with Crippen LogP contribution in [0.4, 0.5) is 5.69 Å². The maximum atomic E-state index is 12.3. The number of carbonyl (C=O) groups excluding carboxylic acids is 2. The van der Waals surface area contributed by atoms with E-state index in [1.54, 1.807) is 30.3 Å². The standard InChI is InChI=1S/C22H23N3O3S2/c1-14(26)16-5-7-18(8-6-16)23-20(27)13-30-22(29)24-10-15-9-17(12-24)19-3-2-4-21(28)25(19)11-15/h2-8,15,17H,9-13H2,1H3,(H,23,27)/t15-,17-/m1/s1. The van der Waals surface area contributed by atoms with Crippen molar-refractivity contribution in [2.75, 3.05) is 24.2 Å². The number of nitrogens with zero attached hydrogens (tertiary/aromatic N) is 2. The number of benzene rings is 1. The Morgan fingerprint density at radius 1 is 1.13 bits per heavy atom. The minimum absolute atomic E-state index is 0.00687. The van der Waals surface area contributed by atoms with E-state index >= 15 is 0 Å². The van der Waals surface area contributed by atoms with Gasteiger partial charge in [0.15, 0.2) is 5.78 Å². The van der Waals surface area contributed by atoms with E-state index in [9.17, 15) is 14.4 Å². The highest BCUT2D eigenvalue weighted by Crippen LogP contribution is 2.36. The molecule has 30 heavy (non-hydrogen) atoms. The number of ketones is 1. The number of hydrogen-bond acceptors (Lipinski definition) is 5. The third-order valence-corrected chi connectivity index (χ3v) is 7.16. The number of hydrogen-bond donors (Lipinski definition) is 1. The topological polar surface area (TPSA) is 71.4 Å². The van der Waals surface area contributed by atoms with E-state index < -0.39 is 0 Å². The van der Waals surface area contributed by atoms with Gasteiger partial charge < -0.3 is 14.8 Å². The summed E-state index contributed by atoms with van der Waals surface area (Å²) in [5.74, 6) is 0.775. The molecule has 0 radical (unpaired) electrons. The van der Waals surface area contributed by atoms with E-state index in [4.69, 9.17) is 12.2 Å². The molecule has 2 atom stereocenters. The highest BCUT2D eigenvalue weighted by molar-refractivity contribution is 8.23. The third kappa shape index (κ3) is 4.49. The molecule has 2 aromatic rings. The second kappa shape index (κ2) is 8.73. The molecule has 0 unspecified atom stereocenters. The highest BCUT2D eigenvalue weighted by Gasteiger charge is 2.35. The molecule has 156 valence electrons. The number of fused-ring (bicyclic) bond motifs is 4. The van der Waals surface area contributed by atoms with Gasteiger partial charge >= 0.3 is 0 Å². The Morgan fingerprint density at radius 2 is 1.90 bits per heavy atom. The second-order valence-electron chi connectivity index (χ2n) is 7.84. The fraction of sp³-hybridized carbons (Fsp3) is 0.364. The average molecular weight is 442 g/mol. The number of Topliss-reactive ketones (excluding diaryl/α,β-unsaturated/α-hetero) is 1. The molecule has 1 aromatic carbocycles. The van der Waals surface area contributed by atoms with Crippen LogP contribution >= 0.6 is 24.0 Å². The lowest BCUT2D eigenvalue weighted by molar-refractivity contribution is -0.113. The van der Waals surface area contributed by atoms with Crippen molar-refractivity contribution in [2.24, 2.45) is 5.92 Å². The summed E-state index contributed by atoms with van der Waals surface area (Å²) in [5.41, 5.74) is 2.43. The van der Waals surface area contributed by atoms with Crippen molar-refractivity contribution in [1.29, 1.82) is 0 Å². The van der Waals surface area contributed by atoms with Crippen LogP contribution in [0.5, 0.6) is 0 Å². The number of aromatic nitrogens is 1. The predicted molar refractivity (Wildman–Crippen MR) is 123 cm³/mol. The van der Waals surface area contributed by atoms with Gasteiger partial charge in [-0.05, 0) is 49.6 Å². The number of likely N-dealkylation sites (tertiary alicyclic amines) is 1. The van der Waals surface area contributed by atoms with Gasteiger partial charge in [0.05, 0.1) is 5.75 Å². The summed E-state index contributed by atoms with van der Waals surface area (Å²) in [6, 6.07) is 12.3. The van der Waals surface area contributed by atoms with Gasteiger partial charge in [0, 0.05) is 48.6 Å². The number of nitrogens with one attached hydrogen (secondary N) is 1. The fourth-order valence-electron chi connectivity index (χ4n) is 4.25. The molecular formula is C22H23N3O3S2. The Morgan fingerprint density at radius 3 is 2.63 bits per heavy atom. The number of rotatable bonds is 4. The molecule has 6 nitrogen and oxygen atoms in total. The summed E-state index contributed by atoms with van der Waals surface area (Å²) >= 11 is 6.97. The maximum Gasteiger partial charge on any atom is 0.250 e. The minimum atomic E-state index is -0.132. The van der Waals surface area contributed by atoms with Crippen LogP contribution in [0.15, 0.2) is 47.3 Å². The molecule has 1 fully saturated rings. The Labute approximate surface area is 184 Å². The largest absolute Gasteiger partial charge is 0.356 e. The van der Waals surface area contributed by atoms with Crippen molar-refractivity contribution in [1.82, 2.24) is 9.47 Å². The Bertz CT molecular complexity index is 1050. The van der Waals surface area contributed by atoms with Crippen molar-refractivity contribution < 1.29 is 9.59 Å². The Hall–Kier alpha value is -2.45. The number of piperidine rings is 1. The van der Waals surface area contributed by atoms with E-state index in [2.05, 4.69) is 10.2 Å². The van der Waals surface area contributed by atoms with Gasteiger partial charge in [-0.2, -0.15) is 0 Å². The third-order valence-electron chi connectivity index (χ3n) is 5.64. The van der Waals surface area contributed by atoms with Crippen molar-refractivity contribution in [3.8, 4) is 0 Å². The zero-order chi connectivity index (χ0) is 21.3. The number of amides is 1. The van der Waals surface area contributed by atoms with Crippen molar-refractivity contribution in [3.63, 3.8) is 0 Å². The van der Waals surface area contributed by atoms with Crippen LogP contribution < -0.4 is 10.9 Å². The van der Waals surface area contributed by atoms with E-state index in [1.165, 1.54) is 18.7 Å². The number of thiocarbonyl (C=S) groups is 1. The fourth-order valence-corrected chi connectivity index (χ4v) is 5.23. The average Bonchev–Trinajstić information content (AvgIpc) is 2.73. The van der Waals surface area contributed by atoms with E-state index in [1.807, 2.05) is 16.7 Å². The van der Waals surface area contributed by atoms with Crippen LogP contribution in [0.1, 0.15) is 35.3 Å². The van der Waals surface area contributed by atoms with Crippen LogP contribution in [0.3, 0.4) is 0 Å². The van der Waals surface area contributed by atoms with E-state index in [0.29, 0.717) is 23.1 Å². The second-order valence-corrected chi connectivity index (χ2v) is 9.45. The summed E-state index contributed by atoms with van der Waals surface area (Å²) in [7, 11) is 0. The SMILES string of the molecule is CC(=O)c1ccc(NC(=O)CSC(=S)N2C[C@H]3C[C@H](C2)c2cccc(=O)n2C3)cc1. The molecule has 0 saturated carbocycles. The van der Waals surface area contributed by atoms with Gasteiger partial charge in [-0.25, -0.2) is 0 Å². The number of anilines is 1. The molecule has 0 spiro atoms. The number of carbonyl (C=O) groups is 2. The lowest BCUT2D eigenvalue weighted by atomic mass is 9.83. The number of pyridine rings is 1. The van der Waals surface area contributed by atoms with Crippen molar-refractivity contribution in [2.45, 2.75) is 25.8 Å². The molecule has 1 amide bonds. The summed E-state index contributed by atoms with van der Waals surface area (Å²) in [6.45, 7) is 3.83. The molecule has 0 aliphatic carbocycles. The summed E-state index contributed by atoms with van der Waals surface area (Å²) in [6.07, 6.45) is 1.07. The van der Waals surface area contributed by atoms with Gasteiger partial charge in [-0.1, -0.05) is 30.0 Å². The van der Waals surface area contributed by atoms with Crippen LogP contribution in [-0.4, -0.2) is 44.3 Å². The maximum absolute atomic E-state index is 12.3. The van der Waals surface area contributed by atoms with Crippen LogP contribution in [0, 0.1) is 5.92 Å². The van der Waals surface area contributed by atoms with Crippen molar-refractivity contribution >= 4 is 45.7 Å². The summed E-state index contributed by atoms with van der Waals surface area (Å²) in [4.78, 5) is 38.0. The van der Waals surface area contributed by atoms with Gasteiger partial charge in [0.1, 0.15) is 4.32 Å². The van der Waals surface area contributed by atoms with Crippen molar-refractivity contribution in [3.05, 3.63) is 64.1 Å². The molecule has 1 N–H and O–H groups in total. The van der Waals surface area contributed by atoms with Crippen LogP contribution in [-0.2, 0) is 11.3 Å². The molecule has 8 heteroatoms. The van der Waals surface area contributed by atoms with Gasteiger partial charge in [-0.15, -0.1) is 0 Å². The zero-order valence-electron chi connectivity index (χ0n) is 16.7. The number of thioether (sulfide) groups is 1. The van der Waals surface area contributed by atoms with Gasteiger partial charge in [0.25, 0.3) is 5.56 Å². The first-order chi connectivity index (χ1) is 14.4. The first kappa shape index (κ1) is 20.8. The van der Waals surface area contributed by atoms with E-state index in [0.717, 1.165) is 36.1 Å². The molecule has 1 saturated heterocycles. The molecule has 2 aliphatic heterocycles. The molecule has 3 heterocycles. The first-order valence-electron chi connectivity index (χ1n) is 9.93. The monoisotopic (exact) mass is 441 g/mol. The molecule has 2 aliphatic rings. The molecule has 2 bridgehead atoms. The lowest BCUT2D eigenvalue weighted by Gasteiger charge is -2.43. The highest BCUT2D eigenvalue weighted by atomic mass is 32.2. The minimum Gasteiger partial charge on any atom is -0.356 e. The molecule has 1 aromatic heterocycles. The molecule has 4 rings (SSSR count). The first-order valence-corrected chi connectivity index (χ1v) is 11.3. The Balaban J connectivity index is 1.32. The normalized spacial score (nSPS) is 19.7.